The van der Waals surface area contributed by atoms with Gasteiger partial charge in [-0.3, -0.25) is 0 Å². The zero-order valence-corrected chi connectivity index (χ0v) is 12.5. The van der Waals surface area contributed by atoms with Crippen molar-refractivity contribution in [2.75, 3.05) is 32.5 Å². The van der Waals surface area contributed by atoms with Crippen molar-refractivity contribution in [2.45, 2.75) is 20.3 Å². The van der Waals surface area contributed by atoms with Crippen LogP contribution in [0, 0.1) is 13.8 Å². The average molecular weight is 265 g/mol. The van der Waals surface area contributed by atoms with E-state index in [0.717, 1.165) is 25.2 Å². The van der Waals surface area contributed by atoms with Crippen LogP contribution in [0.25, 0.3) is 0 Å². The van der Waals surface area contributed by atoms with Gasteiger partial charge in [0.15, 0.2) is 5.11 Å². The highest BCUT2D eigenvalue weighted by Crippen LogP contribution is 2.18. The maximum atomic E-state index is 5.30. The van der Waals surface area contributed by atoms with E-state index in [1.165, 1.54) is 11.1 Å². The summed E-state index contributed by atoms with van der Waals surface area (Å²) in [6.45, 7) is 6.14. The topological polar surface area (TPSA) is 27.3 Å². The first-order valence-corrected chi connectivity index (χ1v) is 6.67. The number of rotatable bonds is 5. The lowest BCUT2D eigenvalue weighted by atomic mass is 10.1. The fraction of sp³-hybridized carbons (Fsp3) is 0.500. The number of para-hydroxylation sites is 1. The minimum Gasteiger partial charge on any atom is -0.362 e. The smallest absolute Gasteiger partial charge is 0.170 e. The van der Waals surface area contributed by atoms with Crippen LogP contribution in [0.1, 0.15) is 17.5 Å². The number of benzene rings is 1. The van der Waals surface area contributed by atoms with Gasteiger partial charge in [0.2, 0.25) is 0 Å². The van der Waals surface area contributed by atoms with E-state index in [1.54, 1.807) is 0 Å². The van der Waals surface area contributed by atoms with Gasteiger partial charge in [-0.05, 0) is 64.3 Å². The second kappa shape index (κ2) is 7.34. The fourth-order valence-corrected chi connectivity index (χ4v) is 1.97. The summed E-state index contributed by atoms with van der Waals surface area (Å²) in [6.07, 6.45) is 1.08. The maximum absolute atomic E-state index is 5.30. The Balaban J connectivity index is 2.40. The van der Waals surface area contributed by atoms with Crippen molar-refractivity contribution in [2.24, 2.45) is 0 Å². The van der Waals surface area contributed by atoms with Gasteiger partial charge in [0, 0.05) is 12.2 Å². The van der Waals surface area contributed by atoms with Crippen molar-refractivity contribution in [3.63, 3.8) is 0 Å². The highest BCUT2D eigenvalue weighted by molar-refractivity contribution is 7.80. The quantitative estimate of drug-likeness (QED) is 0.632. The maximum Gasteiger partial charge on any atom is 0.170 e. The third-order valence-electron chi connectivity index (χ3n) is 2.79. The van der Waals surface area contributed by atoms with Crippen molar-refractivity contribution < 1.29 is 0 Å². The van der Waals surface area contributed by atoms with Crippen molar-refractivity contribution >= 4 is 23.0 Å². The molecule has 100 valence electrons. The molecule has 0 radical (unpaired) electrons. The van der Waals surface area contributed by atoms with Crippen LogP contribution in [0.15, 0.2) is 18.2 Å². The van der Waals surface area contributed by atoms with Crippen LogP contribution < -0.4 is 10.6 Å². The molecule has 2 N–H and O–H groups in total. The molecule has 3 nitrogen and oxygen atoms in total. The van der Waals surface area contributed by atoms with Crippen LogP contribution in [0.4, 0.5) is 5.69 Å². The van der Waals surface area contributed by atoms with Crippen molar-refractivity contribution in [3.8, 4) is 0 Å². The normalized spacial score (nSPS) is 10.5. The van der Waals surface area contributed by atoms with Gasteiger partial charge < -0.3 is 15.5 Å². The Kier molecular flexibility index (Phi) is 6.09. The lowest BCUT2D eigenvalue weighted by molar-refractivity contribution is 0.400. The predicted molar refractivity (Wildman–Crippen MR) is 83.3 cm³/mol. The molecule has 0 spiro atoms. The Labute approximate surface area is 116 Å². The third kappa shape index (κ3) is 5.02. The summed E-state index contributed by atoms with van der Waals surface area (Å²) < 4.78 is 0. The molecule has 0 amide bonds. The van der Waals surface area contributed by atoms with Crippen molar-refractivity contribution in [1.82, 2.24) is 10.2 Å². The lowest BCUT2D eigenvalue weighted by Gasteiger charge is -2.15. The average Bonchev–Trinajstić information content (AvgIpc) is 2.29. The molecule has 0 fully saturated rings. The summed E-state index contributed by atoms with van der Waals surface area (Å²) >= 11 is 5.30. The van der Waals surface area contributed by atoms with E-state index < -0.39 is 0 Å². The molecule has 1 rings (SSSR count). The van der Waals surface area contributed by atoms with E-state index in [9.17, 15) is 0 Å². The third-order valence-corrected chi connectivity index (χ3v) is 3.03. The van der Waals surface area contributed by atoms with E-state index in [-0.39, 0.29) is 0 Å². The van der Waals surface area contributed by atoms with E-state index in [4.69, 9.17) is 12.2 Å². The second-order valence-electron chi connectivity index (χ2n) is 4.80. The second-order valence-corrected chi connectivity index (χ2v) is 5.21. The summed E-state index contributed by atoms with van der Waals surface area (Å²) in [5, 5.41) is 7.21. The van der Waals surface area contributed by atoms with Gasteiger partial charge in [-0.25, -0.2) is 0 Å². The molecule has 0 bridgehead atoms. The fourth-order valence-electron chi connectivity index (χ4n) is 1.77. The molecular weight excluding hydrogens is 242 g/mol. The molecule has 0 heterocycles. The van der Waals surface area contributed by atoms with Crippen LogP contribution in [0.2, 0.25) is 0 Å². The Morgan fingerprint density at radius 3 is 2.39 bits per heavy atom. The van der Waals surface area contributed by atoms with Crippen LogP contribution in [0.5, 0.6) is 0 Å². The lowest BCUT2D eigenvalue weighted by Crippen LogP contribution is -2.31. The number of nitrogens with one attached hydrogen (secondary N) is 2. The molecular formula is C14H23N3S. The molecule has 0 unspecified atom stereocenters. The minimum atomic E-state index is 0.700. The first-order chi connectivity index (χ1) is 8.50. The monoisotopic (exact) mass is 265 g/mol. The first-order valence-electron chi connectivity index (χ1n) is 6.26. The Hall–Kier alpha value is -1.13. The molecule has 0 aliphatic rings. The molecule has 0 saturated carbocycles. The zero-order chi connectivity index (χ0) is 13.5. The van der Waals surface area contributed by atoms with E-state index >= 15 is 0 Å². The van der Waals surface area contributed by atoms with E-state index in [2.05, 4.69) is 61.7 Å². The van der Waals surface area contributed by atoms with Gasteiger partial charge in [-0.2, -0.15) is 0 Å². The summed E-state index contributed by atoms with van der Waals surface area (Å²) in [7, 11) is 4.15. The van der Waals surface area contributed by atoms with E-state index in [1.807, 2.05) is 0 Å². The van der Waals surface area contributed by atoms with Crippen LogP contribution in [0.3, 0.4) is 0 Å². The number of aryl methyl sites for hydroxylation is 2. The van der Waals surface area contributed by atoms with Gasteiger partial charge in [0.05, 0.1) is 0 Å². The van der Waals surface area contributed by atoms with Gasteiger partial charge in [0.1, 0.15) is 0 Å². The predicted octanol–water partition coefficient (Wildman–Crippen LogP) is 2.54. The van der Waals surface area contributed by atoms with Crippen molar-refractivity contribution in [3.05, 3.63) is 29.3 Å². The summed E-state index contributed by atoms with van der Waals surface area (Å²) in [4.78, 5) is 2.17. The number of hydrogen-bond acceptors (Lipinski definition) is 2. The minimum absolute atomic E-state index is 0.700. The van der Waals surface area contributed by atoms with Gasteiger partial charge in [-0.1, -0.05) is 18.2 Å². The van der Waals surface area contributed by atoms with Crippen LogP contribution >= 0.6 is 12.2 Å². The van der Waals surface area contributed by atoms with Gasteiger partial charge in [0.25, 0.3) is 0 Å². The molecule has 0 aromatic heterocycles. The molecule has 0 aliphatic carbocycles. The molecule has 0 atom stereocenters. The highest BCUT2D eigenvalue weighted by Gasteiger charge is 2.03. The first kappa shape index (κ1) is 14.9. The number of thiocarbonyl (C=S) groups is 1. The summed E-state index contributed by atoms with van der Waals surface area (Å²) in [6, 6.07) is 6.23. The summed E-state index contributed by atoms with van der Waals surface area (Å²) in [5.74, 6) is 0. The number of hydrogen-bond donors (Lipinski definition) is 2. The number of nitrogens with zero attached hydrogens (tertiary/aromatic N) is 1. The van der Waals surface area contributed by atoms with Crippen LogP contribution in [-0.2, 0) is 0 Å². The zero-order valence-electron chi connectivity index (χ0n) is 11.7. The molecule has 1 aromatic rings. The highest BCUT2D eigenvalue weighted by atomic mass is 32.1. The Morgan fingerprint density at radius 2 is 1.83 bits per heavy atom. The standard InChI is InChI=1S/C14H23N3S/c1-11-7-5-8-12(2)13(11)16-14(18)15-9-6-10-17(3)4/h5,7-8H,6,9-10H2,1-4H3,(H2,15,16,18). The van der Waals surface area contributed by atoms with Crippen LogP contribution in [-0.4, -0.2) is 37.2 Å². The van der Waals surface area contributed by atoms with Crippen molar-refractivity contribution in [1.29, 1.82) is 0 Å². The molecule has 18 heavy (non-hydrogen) atoms. The molecule has 4 heteroatoms. The van der Waals surface area contributed by atoms with Gasteiger partial charge in [-0.15, -0.1) is 0 Å². The largest absolute Gasteiger partial charge is 0.362 e. The van der Waals surface area contributed by atoms with E-state index in [0.29, 0.717) is 5.11 Å². The Morgan fingerprint density at radius 1 is 1.22 bits per heavy atom. The summed E-state index contributed by atoms with van der Waals surface area (Å²) in [5.41, 5.74) is 3.54. The SMILES string of the molecule is Cc1cccc(C)c1NC(=S)NCCCN(C)C. The van der Waals surface area contributed by atoms with Gasteiger partial charge >= 0.3 is 0 Å². The Bertz CT molecular complexity index is 382. The molecule has 0 aliphatic heterocycles. The number of anilines is 1. The molecule has 0 saturated heterocycles. The molecule has 1 aromatic carbocycles.